The van der Waals surface area contributed by atoms with Crippen LogP contribution in [0.1, 0.15) is 19.2 Å². The van der Waals surface area contributed by atoms with Crippen molar-refractivity contribution in [2.24, 2.45) is 7.05 Å². The molecule has 0 aliphatic heterocycles. The maximum atomic E-state index is 11.9. The lowest BCUT2D eigenvalue weighted by molar-refractivity contribution is -0.174. The van der Waals surface area contributed by atoms with E-state index in [4.69, 9.17) is 0 Å². The van der Waals surface area contributed by atoms with Crippen LogP contribution in [0.15, 0.2) is 6.33 Å². The zero-order valence-electron chi connectivity index (χ0n) is 11.1. The van der Waals surface area contributed by atoms with Gasteiger partial charge in [-0.1, -0.05) is 6.92 Å². The molecule has 0 spiro atoms. The van der Waals surface area contributed by atoms with Crippen LogP contribution in [0.4, 0.5) is 13.2 Å². The highest BCUT2D eigenvalue weighted by Gasteiger charge is 2.27. The van der Waals surface area contributed by atoms with Crippen molar-refractivity contribution in [3.8, 4) is 0 Å². The summed E-state index contributed by atoms with van der Waals surface area (Å²) in [5, 5.41) is 7.16. The molecule has 19 heavy (non-hydrogen) atoms. The number of likely N-dealkylation sites (N-methyl/N-ethyl adjacent to an activating group) is 1. The Morgan fingerprint density at radius 1 is 1.47 bits per heavy atom. The van der Waals surface area contributed by atoms with E-state index in [-0.39, 0.29) is 12.6 Å². The molecule has 1 rings (SSSR count). The van der Waals surface area contributed by atoms with Gasteiger partial charge in [-0.05, 0) is 13.0 Å². The van der Waals surface area contributed by atoms with Crippen LogP contribution >= 0.6 is 0 Å². The third kappa shape index (κ3) is 6.53. The van der Waals surface area contributed by atoms with Crippen LogP contribution < -0.4 is 5.32 Å². The van der Waals surface area contributed by atoms with Crippen molar-refractivity contribution in [1.82, 2.24) is 20.1 Å². The fourth-order valence-corrected chi connectivity index (χ4v) is 1.70. The summed E-state index contributed by atoms with van der Waals surface area (Å²) in [7, 11) is 1.78. The molecule has 1 heterocycles. The van der Waals surface area contributed by atoms with Crippen molar-refractivity contribution in [3.63, 3.8) is 0 Å². The van der Waals surface area contributed by atoms with Crippen LogP contribution in [0.3, 0.4) is 0 Å². The number of ether oxygens (including phenoxy) is 1. The molecule has 0 aliphatic carbocycles. The Balaban J connectivity index is 2.34. The Morgan fingerprint density at radius 2 is 2.21 bits per heavy atom. The van der Waals surface area contributed by atoms with Gasteiger partial charge in [0.1, 0.15) is 18.8 Å². The highest BCUT2D eigenvalue weighted by atomic mass is 19.4. The average Bonchev–Trinajstić information content (AvgIpc) is 2.69. The summed E-state index contributed by atoms with van der Waals surface area (Å²) in [5.74, 6) is 0.793. The van der Waals surface area contributed by atoms with Crippen LogP contribution in [0.2, 0.25) is 0 Å². The van der Waals surface area contributed by atoms with Crippen molar-refractivity contribution in [3.05, 3.63) is 12.2 Å². The van der Waals surface area contributed by atoms with E-state index in [2.05, 4.69) is 20.1 Å². The molecule has 0 bridgehead atoms. The predicted octanol–water partition coefficient (Wildman–Crippen LogP) is 1.30. The number of alkyl halides is 3. The lowest BCUT2D eigenvalue weighted by Gasteiger charge is -2.17. The van der Waals surface area contributed by atoms with Crippen molar-refractivity contribution in [2.75, 3.05) is 19.8 Å². The maximum Gasteiger partial charge on any atom is 0.411 e. The van der Waals surface area contributed by atoms with Gasteiger partial charge in [-0.25, -0.2) is 4.98 Å². The molecule has 0 aliphatic rings. The number of aryl methyl sites for hydroxylation is 1. The number of nitrogens with zero attached hydrogens (tertiary/aromatic N) is 3. The van der Waals surface area contributed by atoms with Gasteiger partial charge in [-0.15, -0.1) is 0 Å². The first-order valence-corrected chi connectivity index (χ1v) is 6.13. The molecule has 110 valence electrons. The van der Waals surface area contributed by atoms with Crippen LogP contribution in [0.5, 0.6) is 0 Å². The van der Waals surface area contributed by atoms with Crippen molar-refractivity contribution in [1.29, 1.82) is 0 Å². The molecule has 0 saturated heterocycles. The van der Waals surface area contributed by atoms with Gasteiger partial charge in [0.15, 0.2) is 0 Å². The van der Waals surface area contributed by atoms with Crippen molar-refractivity contribution in [2.45, 2.75) is 32.0 Å². The van der Waals surface area contributed by atoms with Gasteiger partial charge in [-0.2, -0.15) is 18.3 Å². The first-order chi connectivity index (χ1) is 8.92. The number of hydrogen-bond acceptors (Lipinski definition) is 4. The monoisotopic (exact) mass is 280 g/mol. The molecular formula is C11H19F3N4O. The largest absolute Gasteiger partial charge is 0.411 e. The highest BCUT2D eigenvalue weighted by Crippen LogP contribution is 2.14. The Bertz CT molecular complexity index is 367. The minimum absolute atomic E-state index is 0.0288. The zero-order valence-corrected chi connectivity index (χ0v) is 11.1. The van der Waals surface area contributed by atoms with Gasteiger partial charge in [-0.3, -0.25) is 4.68 Å². The number of nitrogens with one attached hydrogen (secondary N) is 1. The van der Waals surface area contributed by atoms with Gasteiger partial charge in [0.05, 0.1) is 0 Å². The molecule has 1 atom stereocenters. The molecule has 0 saturated carbocycles. The fraction of sp³-hybridized carbons (Fsp3) is 0.818. The van der Waals surface area contributed by atoms with Crippen molar-refractivity contribution >= 4 is 0 Å². The number of aromatic nitrogens is 3. The second-order valence-electron chi connectivity index (χ2n) is 4.22. The Hall–Kier alpha value is -1.15. The van der Waals surface area contributed by atoms with E-state index in [0.29, 0.717) is 12.8 Å². The summed E-state index contributed by atoms with van der Waals surface area (Å²) in [6.07, 6.45) is -1.70. The molecule has 1 aromatic rings. The van der Waals surface area contributed by atoms with Crippen LogP contribution in [-0.2, 0) is 18.2 Å². The predicted molar refractivity (Wildman–Crippen MR) is 63.7 cm³/mol. The lowest BCUT2D eigenvalue weighted by Crippen LogP contribution is -2.33. The molecule has 0 radical (unpaired) electrons. The first kappa shape index (κ1) is 15.9. The minimum Gasteiger partial charge on any atom is -0.372 e. The lowest BCUT2D eigenvalue weighted by atomic mass is 10.1. The summed E-state index contributed by atoms with van der Waals surface area (Å²) in [4.78, 5) is 4.10. The number of rotatable bonds is 8. The summed E-state index contributed by atoms with van der Waals surface area (Å²) >= 11 is 0. The highest BCUT2D eigenvalue weighted by molar-refractivity contribution is 4.88. The molecule has 5 nitrogen and oxygen atoms in total. The van der Waals surface area contributed by atoms with E-state index in [1.54, 1.807) is 11.7 Å². The normalized spacial score (nSPS) is 13.7. The first-order valence-electron chi connectivity index (χ1n) is 6.13. The van der Waals surface area contributed by atoms with Crippen molar-refractivity contribution < 1.29 is 17.9 Å². The summed E-state index contributed by atoms with van der Waals surface area (Å²) in [6, 6.07) is 0.0288. The quantitative estimate of drug-likeness (QED) is 0.729. The van der Waals surface area contributed by atoms with Gasteiger partial charge in [0.2, 0.25) is 0 Å². The molecule has 0 fully saturated rings. The standard InChI is InChI=1S/C11H19F3N4O/c1-3-15-9(4-5-19-7-11(12,13)14)6-10-16-8-17-18(10)2/h8-9,15H,3-7H2,1-2H3. The molecule has 0 amide bonds. The number of halogens is 3. The maximum absolute atomic E-state index is 11.9. The van der Waals surface area contributed by atoms with Gasteiger partial charge >= 0.3 is 6.18 Å². The van der Waals surface area contributed by atoms with Gasteiger partial charge in [0, 0.05) is 26.1 Å². The molecular weight excluding hydrogens is 261 g/mol. The Morgan fingerprint density at radius 3 is 2.74 bits per heavy atom. The van der Waals surface area contributed by atoms with Gasteiger partial charge < -0.3 is 10.1 Å². The summed E-state index contributed by atoms with van der Waals surface area (Å²) in [6.45, 7) is 1.55. The zero-order chi connectivity index (χ0) is 14.3. The molecule has 1 N–H and O–H groups in total. The van der Waals surface area contributed by atoms with E-state index >= 15 is 0 Å². The molecule has 1 aromatic heterocycles. The summed E-state index contributed by atoms with van der Waals surface area (Å²) < 4.78 is 42.0. The summed E-state index contributed by atoms with van der Waals surface area (Å²) in [5.41, 5.74) is 0. The van der Waals surface area contributed by atoms with Crippen LogP contribution in [0.25, 0.3) is 0 Å². The van der Waals surface area contributed by atoms with Crippen LogP contribution in [-0.4, -0.2) is 46.7 Å². The van der Waals surface area contributed by atoms with Crippen LogP contribution in [0, 0.1) is 0 Å². The topological polar surface area (TPSA) is 52.0 Å². The SMILES string of the molecule is CCNC(CCOCC(F)(F)F)Cc1ncnn1C. The average molecular weight is 280 g/mol. The smallest absolute Gasteiger partial charge is 0.372 e. The molecule has 0 aromatic carbocycles. The van der Waals surface area contributed by atoms with E-state index in [9.17, 15) is 13.2 Å². The molecule has 8 heteroatoms. The fourth-order valence-electron chi connectivity index (χ4n) is 1.70. The Kier molecular flexibility index (Phi) is 6.23. The number of hydrogen-bond donors (Lipinski definition) is 1. The second kappa shape index (κ2) is 7.44. The third-order valence-electron chi connectivity index (χ3n) is 2.60. The van der Waals surface area contributed by atoms with Gasteiger partial charge in [0.25, 0.3) is 0 Å². The van der Waals surface area contributed by atoms with E-state index in [1.807, 2.05) is 6.92 Å². The van der Waals surface area contributed by atoms with E-state index in [1.165, 1.54) is 6.33 Å². The third-order valence-corrected chi connectivity index (χ3v) is 2.60. The Labute approximate surface area is 110 Å². The van der Waals surface area contributed by atoms with E-state index < -0.39 is 12.8 Å². The second-order valence-corrected chi connectivity index (χ2v) is 4.22. The van der Waals surface area contributed by atoms with E-state index in [0.717, 1.165) is 12.4 Å². The molecule has 1 unspecified atom stereocenters. The minimum atomic E-state index is -4.27.